The molecular weight excluding hydrogens is 372 g/mol. The van der Waals surface area contributed by atoms with E-state index in [4.69, 9.17) is 5.11 Å². The van der Waals surface area contributed by atoms with Gasteiger partial charge < -0.3 is 15.3 Å². The quantitative estimate of drug-likeness (QED) is 0.284. The summed E-state index contributed by atoms with van der Waals surface area (Å²) in [5.74, 6) is 0.367. The number of aliphatic hydroxyl groups is 2. The fourth-order valence-electron chi connectivity index (χ4n) is 4.22. The molecule has 0 bridgehead atoms. The molecule has 0 aromatic rings. The van der Waals surface area contributed by atoms with Crippen molar-refractivity contribution in [2.24, 2.45) is 11.3 Å². The van der Waals surface area contributed by atoms with Crippen LogP contribution >= 0.6 is 11.8 Å². The lowest BCUT2D eigenvalue weighted by molar-refractivity contribution is -0.137. The molecule has 5 heteroatoms. The maximum Gasteiger partial charge on any atom is 0.303 e. The lowest BCUT2D eigenvalue weighted by atomic mass is 9.82. The summed E-state index contributed by atoms with van der Waals surface area (Å²) in [6.45, 7) is 6.59. The van der Waals surface area contributed by atoms with Crippen LogP contribution in [0.25, 0.3) is 0 Å². The molecule has 28 heavy (non-hydrogen) atoms. The molecule has 1 aliphatic rings. The summed E-state index contributed by atoms with van der Waals surface area (Å²) in [5.41, 5.74) is -0.0440. The van der Waals surface area contributed by atoms with E-state index in [1.54, 1.807) is 0 Å². The Kier molecular flexibility index (Phi) is 12.8. The Morgan fingerprint density at radius 1 is 1.07 bits per heavy atom. The molecule has 0 spiro atoms. The minimum absolute atomic E-state index is 0.0440. The van der Waals surface area contributed by atoms with Gasteiger partial charge in [-0.15, -0.1) is 0 Å². The Labute approximate surface area is 176 Å². The first-order valence-electron chi connectivity index (χ1n) is 11.5. The lowest BCUT2D eigenvalue weighted by Gasteiger charge is -2.32. The molecule has 0 aromatic heterocycles. The summed E-state index contributed by atoms with van der Waals surface area (Å²) in [6.07, 6.45) is 12.5. The van der Waals surface area contributed by atoms with Gasteiger partial charge in [0.15, 0.2) is 0 Å². The van der Waals surface area contributed by atoms with Crippen molar-refractivity contribution in [2.75, 3.05) is 5.75 Å². The summed E-state index contributed by atoms with van der Waals surface area (Å²) in [5, 5.41) is 30.2. The van der Waals surface area contributed by atoms with Crippen molar-refractivity contribution < 1.29 is 20.1 Å². The molecule has 4 atom stereocenters. The van der Waals surface area contributed by atoms with Gasteiger partial charge in [0.05, 0.1) is 12.2 Å². The predicted octanol–water partition coefficient (Wildman–Crippen LogP) is 5.64. The third-order valence-corrected chi connectivity index (χ3v) is 7.96. The third-order valence-electron chi connectivity index (χ3n) is 6.44. The molecule has 0 radical (unpaired) electrons. The average molecular weight is 417 g/mol. The second-order valence-corrected chi connectivity index (χ2v) is 10.6. The smallest absolute Gasteiger partial charge is 0.303 e. The molecule has 0 aliphatic heterocycles. The van der Waals surface area contributed by atoms with E-state index in [0.717, 1.165) is 57.1 Å². The van der Waals surface area contributed by atoms with Crippen LogP contribution in [-0.2, 0) is 4.79 Å². The van der Waals surface area contributed by atoms with E-state index >= 15 is 0 Å². The van der Waals surface area contributed by atoms with E-state index in [1.165, 1.54) is 25.7 Å². The van der Waals surface area contributed by atoms with Gasteiger partial charge in [0.2, 0.25) is 0 Å². The zero-order valence-corrected chi connectivity index (χ0v) is 19.2. The number of hydrogen-bond acceptors (Lipinski definition) is 4. The Balaban J connectivity index is 2.31. The SMILES string of the molecule is CCCCCCC(C)(C)C(O)CSC1CCC(O)C1CCCCCCC(=O)O. The van der Waals surface area contributed by atoms with Crippen LogP contribution in [0.3, 0.4) is 0 Å². The van der Waals surface area contributed by atoms with E-state index in [0.29, 0.717) is 11.2 Å². The van der Waals surface area contributed by atoms with Gasteiger partial charge in [-0.2, -0.15) is 11.8 Å². The lowest BCUT2D eigenvalue weighted by Crippen LogP contribution is -2.32. The van der Waals surface area contributed by atoms with Gasteiger partial charge in [-0.05, 0) is 43.4 Å². The predicted molar refractivity (Wildman–Crippen MR) is 119 cm³/mol. The minimum Gasteiger partial charge on any atom is -0.481 e. The number of carboxylic acid groups (broad SMARTS) is 1. The zero-order valence-electron chi connectivity index (χ0n) is 18.4. The molecule has 0 amide bonds. The molecule has 3 N–H and O–H groups in total. The highest BCUT2D eigenvalue weighted by molar-refractivity contribution is 7.99. The molecule has 1 saturated carbocycles. The summed E-state index contributed by atoms with van der Waals surface area (Å²) in [6, 6.07) is 0. The number of rotatable bonds is 16. The first-order chi connectivity index (χ1) is 13.3. The molecule has 4 nitrogen and oxygen atoms in total. The first-order valence-corrected chi connectivity index (χ1v) is 12.5. The Morgan fingerprint density at radius 3 is 2.43 bits per heavy atom. The normalized spacial score (nSPS) is 23.8. The van der Waals surface area contributed by atoms with Crippen LogP contribution in [0.5, 0.6) is 0 Å². The van der Waals surface area contributed by atoms with Crippen molar-refractivity contribution in [2.45, 2.75) is 122 Å². The van der Waals surface area contributed by atoms with Crippen LogP contribution in [0.15, 0.2) is 0 Å². The monoisotopic (exact) mass is 416 g/mol. The van der Waals surface area contributed by atoms with E-state index in [1.807, 2.05) is 11.8 Å². The first kappa shape index (κ1) is 25.8. The number of aliphatic carboxylic acids is 1. The van der Waals surface area contributed by atoms with Crippen LogP contribution in [0.4, 0.5) is 0 Å². The van der Waals surface area contributed by atoms with Crippen molar-refractivity contribution in [1.82, 2.24) is 0 Å². The third kappa shape index (κ3) is 9.98. The molecule has 1 rings (SSSR count). The summed E-state index contributed by atoms with van der Waals surface area (Å²) in [7, 11) is 0. The summed E-state index contributed by atoms with van der Waals surface area (Å²) in [4.78, 5) is 10.6. The molecule has 166 valence electrons. The highest BCUT2D eigenvalue weighted by Crippen LogP contribution is 2.40. The largest absolute Gasteiger partial charge is 0.481 e. The number of carbonyl (C=O) groups is 1. The van der Waals surface area contributed by atoms with E-state index in [2.05, 4.69) is 20.8 Å². The number of aliphatic hydroxyl groups excluding tert-OH is 2. The van der Waals surface area contributed by atoms with E-state index in [9.17, 15) is 15.0 Å². The van der Waals surface area contributed by atoms with Gasteiger partial charge in [-0.25, -0.2) is 0 Å². The van der Waals surface area contributed by atoms with Gasteiger partial charge >= 0.3 is 5.97 Å². The molecule has 0 aromatic carbocycles. The van der Waals surface area contributed by atoms with Crippen LogP contribution in [0.1, 0.15) is 104 Å². The number of unbranched alkanes of at least 4 members (excludes halogenated alkanes) is 6. The number of carboxylic acids is 1. The standard InChI is InChI=1S/C23H44O4S/c1-4-5-6-11-16-23(2,3)21(25)17-28-20-15-14-19(24)18(20)12-9-7-8-10-13-22(26)27/h18-21,24-25H,4-17H2,1-3H3,(H,26,27). The average Bonchev–Trinajstić information content (AvgIpc) is 2.99. The fourth-order valence-corrected chi connectivity index (χ4v) is 5.97. The molecule has 0 heterocycles. The highest BCUT2D eigenvalue weighted by atomic mass is 32.2. The summed E-state index contributed by atoms with van der Waals surface area (Å²) >= 11 is 1.86. The van der Waals surface area contributed by atoms with Crippen molar-refractivity contribution >= 4 is 17.7 Å². The summed E-state index contributed by atoms with van der Waals surface area (Å²) < 4.78 is 0. The molecular formula is C23H44O4S. The maximum atomic E-state index is 10.7. The van der Waals surface area contributed by atoms with Crippen molar-refractivity contribution in [3.05, 3.63) is 0 Å². The van der Waals surface area contributed by atoms with E-state index in [-0.39, 0.29) is 24.0 Å². The second-order valence-electron chi connectivity index (χ2n) is 9.34. The molecule has 1 aliphatic carbocycles. The van der Waals surface area contributed by atoms with Crippen LogP contribution < -0.4 is 0 Å². The van der Waals surface area contributed by atoms with Crippen molar-refractivity contribution in [3.8, 4) is 0 Å². The second kappa shape index (κ2) is 13.9. The van der Waals surface area contributed by atoms with Crippen LogP contribution in [0.2, 0.25) is 0 Å². The molecule has 4 unspecified atom stereocenters. The number of thioether (sulfide) groups is 1. The minimum atomic E-state index is -0.713. The van der Waals surface area contributed by atoms with Crippen LogP contribution in [-0.4, -0.2) is 44.5 Å². The van der Waals surface area contributed by atoms with Crippen LogP contribution in [0, 0.1) is 11.3 Å². The van der Waals surface area contributed by atoms with Crippen molar-refractivity contribution in [1.29, 1.82) is 0 Å². The maximum absolute atomic E-state index is 10.7. The zero-order chi connectivity index (χ0) is 21.0. The van der Waals surface area contributed by atoms with Gasteiger partial charge in [0, 0.05) is 17.4 Å². The van der Waals surface area contributed by atoms with E-state index < -0.39 is 5.97 Å². The van der Waals surface area contributed by atoms with Gasteiger partial charge in [-0.3, -0.25) is 4.79 Å². The fraction of sp³-hybridized carbons (Fsp3) is 0.957. The van der Waals surface area contributed by atoms with Gasteiger partial charge in [0.25, 0.3) is 0 Å². The Bertz CT molecular complexity index is 427. The van der Waals surface area contributed by atoms with Gasteiger partial charge in [-0.1, -0.05) is 65.7 Å². The molecule has 1 fully saturated rings. The topological polar surface area (TPSA) is 77.8 Å². The number of hydrogen-bond donors (Lipinski definition) is 3. The highest BCUT2D eigenvalue weighted by Gasteiger charge is 2.36. The Hall–Kier alpha value is -0.260. The van der Waals surface area contributed by atoms with Crippen molar-refractivity contribution in [3.63, 3.8) is 0 Å². The molecule has 0 saturated heterocycles. The Morgan fingerprint density at radius 2 is 1.75 bits per heavy atom. The van der Waals surface area contributed by atoms with Gasteiger partial charge in [0.1, 0.15) is 0 Å².